The zero-order valence-corrected chi connectivity index (χ0v) is 11.9. The Morgan fingerprint density at radius 1 is 1.12 bits per heavy atom. The second-order valence-corrected chi connectivity index (χ2v) is 6.04. The molecule has 1 aliphatic carbocycles. The summed E-state index contributed by atoms with van der Waals surface area (Å²) in [7, 11) is 0. The van der Waals surface area contributed by atoms with Crippen molar-refractivity contribution in [2.75, 3.05) is 0 Å². The van der Waals surface area contributed by atoms with E-state index in [-0.39, 0.29) is 0 Å². The molecule has 16 heavy (non-hydrogen) atoms. The van der Waals surface area contributed by atoms with Gasteiger partial charge < -0.3 is 5.32 Å². The molecule has 1 aliphatic rings. The van der Waals surface area contributed by atoms with Gasteiger partial charge >= 0.3 is 0 Å². The molecule has 5 unspecified atom stereocenters. The van der Waals surface area contributed by atoms with Crippen LogP contribution in [-0.2, 0) is 0 Å². The maximum atomic E-state index is 3.91. The molecular weight excluding hydrogens is 194 g/mol. The Kier molecular flexibility index (Phi) is 5.82. The fraction of sp³-hybridized carbons (Fsp3) is 1.00. The summed E-state index contributed by atoms with van der Waals surface area (Å²) in [5, 5.41) is 3.91. The summed E-state index contributed by atoms with van der Waals surface area (Å²) < 4.78 is 0. The van der Waals surface area contributed by atoms with Gasteiger partial charge in [-0.3, -0.25) is 0 Å². The molecule has 96 valence electrons. The summed E-state index contributed by atoms with van der Waals surface area (Å²) in [5.74, 6) is 2.65. The molecule has 0 aromatic carbocycles. The molecular formula is C15H31N. The first kappa shape index (κ1) is 14.0. The average molecular weight is 225 g/mol. The highest BCUT2D eigenvalue weighted by atomic mass is 15.0. The molecule has 0 radical (unpaired) electrons. The van der Waals surface area contributed by atoms with E-state index in [1.54, 1.807) is 0 Å². The third-order valence-electron chi connectivity index (χ3n) is 4.79. The Morgan fingerprint density at radius 2 is 1.81 bits per heavy atom. The first-order valence-electron chi connectivity index (χ1n) is 7.34. The molecule has 0 aliphatic heterocycles. The number of nitrogens with one attached hydrogen (secondary N) is 1. The predicted octanol–water partition coefficient (Wildman–Crippen LogP) is 4.23. The highest BCUT2D eigenvalue weighted by molar-refractivity contribution is 4.87. The highest BCUT2D eigenvalue weighted by Gasteiger charge is 2.30. The lowest BCUT2D eigenvalue weighted by Gasteiger charge is -2.27. The van der Waals surface area contributed by atoms with Crippen LogP contribution in [0.1, 0.15) is 66.7 Å². The molecule has 0 spiro atoms. The normalized spacial score (nSPS) is 33.9. The quantitative estimate of drug-likeness (QED) is 0.713. The molecule has 0 aromatic heterocycles. The van der Waals surface area contributed by atoms with Crippen LogP contribution in [-0.4, -0.2) is 12.1 Å². The largest absolute Gasteiger partial charge is 0.311 e. The van der Waals surface area contributed by atoms with Crippen LogP contribution in [0, 0.1) is 17.8 Å². The van der Waals surface area contributed by atoms with Crippen LogP contribution in [0.3, 0.4) is 0 Å². The van der Waals surface area contributed by atoms with Gasteiger partial charge in [0, 0.05) is 12.1 Å². The van der Waals surface area contributed by atoms with E-state index in [4.69, 9.17) is 0 Å². The van der Waals surface area contributed by atoms with Crippen LogP contribution in [0.25, 0.3) is 0 Å². The standard InChI is InChI=1S/C15H31N/c1-6-11(3)10-14(7-2)16-15-9-8-12(4)13(15)5/h11-16H,6-10H2,1-5H3. The summed E-state index contributed by atoms with van der Waals surface area (Å²) in [6.45, 7) is 11.8. The Hall–Kier alpha value is -0.0400. The molecule has 1 fully saturated rings. The monoisotopic (exact) mass is 225 g/mol. The van der Waals surface area contributed by atoms with Gasteiger partial charge in [-0.05, 0) is 43.4 Å². The van der Waals surface area contributed by atoms with E-state index in [1.807, 2.05) is 0 Å². The van der Waals surface area contributed by atoms with Crippen LogP contribution >= 0.6 is 0 Å². The molecule has 5 atom stereocenters. The minimum absolute atomic E-state index is 0.743. The zero-order valence-electron chi connectivity index (χ0n) is 11.9. The Bertz CT molecular complexity index is 190. The molecule has 1 nitrogen and oxygen atoms in total. The van der Waals surface area contributed by atoms with Crippen molar-refractivity contribution in [1.29, 1.82) is 0 Å². The second-order valence-electron chi connectivity index (χ2n) is 6.04. The molecule has 0 saturated heterocycles. The minimum atomic E-state index is 0.743. The van der Waals surface area contributed by atoms with Crippen LogP contribution in [0.5, 0.6) is 0 Å². The second kappa shape index (κ2) is 6.64. The van der Waals surface area contributed by atoms with Crippen LogP contribution < -0.4 is 5.32 Å². The topological polar surface area (TPSA) is 12.0 Å². The molecule has 1 heteroatoms. The summed E-state index contributed by atoms with van der Waals surface area (Å²) >= 11 is 0. The van der Waals surface area contributed by atoms with Gasteiger partial charge in [0.1, 0.15) is 0 Å². The van der Waals surface area contributed by atoms with Gasteiger partial charge in [-0.2, -0.15) is 0 Å². The van der Waals surface area contributed by atoms with Crippen molar-refractivity contribution >= 4 is 0 Å². The van der Waals surface area contributed by atoms with Crippen LogP contribution in [0.15, 0.2) is 0 Å². The van der Waals surface area contributed by atoms with Crippen molar-refractivity contribution in [2.45, 2.75) is 78.8 Å². The smallest absolute Gasteiger partial charge is 0.00979 e. The van der Waals surface area contributed by atoms with Crippen molar-refractivity contribution < 1.29 is 0 Å². The van der Waals surface area contributed by atoms with E-state index in [9.17, 15) is 0 Å². The van der Waals surface area contributed by atoms with Crippen molar-refractivity contribution in [3.63, 3.8) is 0 Å². The van der Waals surface area contributed by atoms with Gasteiger partial charge in [0.15, 0.2) is 0 Å². The SMILES string of the molecule is CCC(C)CC(CC)NC1CCC(C)C1C. The number of rotatable bonds is 6. The number of hydrogen-bond donors (Lipinski definition) is 1. The van der Waals surface area contributed by atoms with E-state index in [1.165, 1.54) is 32.1 Å². The summed E-state index contributed by atoms with van der Waals surface area (Å²) in [5.41, 5.74) is 0. The van der Waals surface area contributed by atoms with E-state index in [0.717, 1.165) is 29.8 Å². The lowest BCUT2D eigenvalue weighted by Crippen LogP contribution is -2.40. The fourth-order valence-corrected chi connectivity index (χ4v) is 2.91. The lowest BCUT2D eigenvalue weighted by atomic mass is 9.94. The van der Waals surface area contributed by atoms with Gasteiger partial charge in [-0.25, -0.2) is 0 Å². The van der Waals surface area contributed by atoms with E-state index in [2.05, 4.69) is 39.9 Å². The molecule has 0 aromatic rings. The van der Waals surface area contributed by atoms with Crippen LogP contribution in [0.2, 0.25) is 0 Å². The maximum absolute atomic E-state index is 3.91. The minimum Gasteiger partial charge on any atom is -0.311 e. The Labute approximate surface area is 102 Å². The average Bonchev–Trinajstić information content (AvgIpc) is 2.59. The third-order valence-corrected chi connectivity index (χ3v) is 4.79. The van der Waals surface area contributed by atoms with Gasteiger partial charge in [0.25, 0.3) is 0 Å². The first-order valence-corrected chi connectivity index (χ1v) is 7.34. The first-order chi connectivity index (χ1) is 7.58. The van der Waals surface area contributed by atoms with Crippen molar-refractivity contribution in [3.8, 4) is 0 Å². The van der Waals surface area contributed by atoms with E-state index < -0.39 is 0 Å². The molecule has 0 heterocycles. The van der Waals surface area contributed by atoms with Gasteiger partial charge in [0.2, 0.25) is 0 Å². The van der Waals surface area contributed by atoms with E-state index in [0.29, 0.717) is 0 Å². The van der Waals surface area contributed by atoms with E-state index >= 15 is 0 Å². The summed E-state index contributed by atoms with van der Waals surface area (Å²) in [6, 6.07) is 1.52. The summed E-state index contributed by atoms with van der Waals surface area (Å²) in [6.07, 6.45) is 6.75. The predicted molar refractivity (Wildman–Crippen MR) is 72.6 cm³/mol. The Morgan fingerprint density at radius 3 is 2.25 bits per heavy atom. The third kappa shape index (κ3) is 3.76. The lowest BCUT2D eigenvalue weighted by molar-refractivity contribution is 0.301. The van der Waals surface area contributed by atoms with Crippen molar-refractivity contribution in [1.82, 2.24) is 5.32 Å². The summed E-state index contributed by atoms with van der Waals surface area (Å²) in [4.78, 5) is 0. The van der Waals surface area contributed by atoms with Crippen molar-refractivity contribution in [3.05, 3.63) is 0 Å². The maximum Gasteiger partial charge on any atom is 0.00979 e. The Balaban J connectivity index is 2.38. The molecule has 1 N–H and O–H groups in total. The molecule has 1 rings (SSSR count). The highest BCUT2D eigenvalue weighted by Crippen LogP contribution is 2.31. The molecule has 0 bridgehead atoms. The van der Waals surface area contributed by atoms with Crippen LogP contribution in [0.4, 0.5) is 0 Å². The fourth-order valence-electron chi connectivity index (χ4n) is 2.91. The molecule has 0 amide bonds. The van der Waals surface area contributed by atoms with Crippen molar-refractivity contribution in [2.24, 2.45) is 17.8 Å². The van der Waals surface area contributed by atoms with Gasteiger partial charge in [-0.15, -0.1) is 0 Å². The van der Waals surface area contributed by atoms with Gasteiger partial charge in [-0.1, -0.05) is 41.0 Å². The number of hydrogen-bond acceptors (Lipinski definition) is 1. The zero-order chi connectivity index (χ0) is 12.1. The molecule has 1 saturated carbocycles. The van der Waals surface area contributed by atoms with Gasteiger partial charge in [0.05, 0.1) is 0 Å².